The molecule has 3 heterocycles. The molecule has 0 saturated carbocycles. The zero-order valence-corrected chi connectivity index (χ0v) is 16.0. The van der Waals surface area contributed by atoms with E-state index in [9.17, 15) is 0 Å². The van der Waals surface area contributed by atoms with Crippen molar-refractivity contribution < 1.29 is 9.47 Å². The van der Waals surface area contributed by atoms with E-state index in [-0.39, 0.29) is 11.7 Å². The van der Waals surface area contributed by atoms with E-state index in [0.717, 1.165) is 18.1 Å². The van der Waals surface area contributed by atoms with Crippen molar-refractivity contribution in [2.24, 2.45) is 5.41 Å². The predicted molar refractivity (Wildman–Crippen MR) is 82.7 cm³/mol. The van der Waals surface area contributed by atoms with Crippen molar-refractivity contribution in [3.8, 4) is 0 Å². The Balaban J connectivity index is 0.000000186. The first-order valence-corrected chi connectivity index (χ1v) is 9.39. The van der Waals surface area contributed by atoms with Crippen LogP contribution in [0.4, 0.5) is 0 Å². The van der Waals surface area contributed by atoms with Crippen molar-refractivity contribution in [1.29, 1.82) is 0 Å². The Hall–Kier alpha value is 0.119. The van der Waals surface area contributed by atoms with Crippen molar-refractivity contribution in [1.82, 2.24) is 0 Å². The number of hydrogen-bond acceptors (Lipinski definition) is 4. The third kappa shape index (κ3) is 5.19. The van der Waals surface area contributed by atoms with E-state index in [1.807, 2.05) is 23.6 Å². The van der Waals surface area contributed by atoms with Gasteiger partial charge >= 0.3 is 54.3 Å². The molecular weight excluding hydrogens is 383 g/mol. The van der Waals surface area contributed by atoms with Crippen LogP contribution in [0, 0.1) is 10.8 Å². The Morgan fingerprint density at radius 2 is 2.05 bits per heavy atom. The minimum absolute atomic E-state index is 0.131. The molecule has 1 aliphatic heterocycles. The molecule has 0 unspecified atom stereocenters. The molecular formula is C14H17O2S2Sn. The van der Waals surface area contributed by atoms with Crippen LogP contribution in [0.25, 0.3) is 0 Å². The van der Waals surface area contributed by atoms with Crippen molar-refractivity contribution >= 4 is 48.1 Å². The van der Waals surface area contributed by atoms with Gasteiger partial charge in [-0.05, 0) is 11.4 Å². The monoisotopic (exact) mass is 401 g/mol. The third-order valence-electron chi connectivity index (χ3n) is 2.52. The van der Waals surface area contributed by atoms with Gasteiger partial charge in [0, 0.05) is 5.41 Å². The molecule has 0 amide bonds. The molecule has 5 heteroatoms. The molecule has 0 spiro atoms. The van der Waals surface area contributed by atoms with Crippen LogP contribution in [0.3, 0.4) is 0 Å². The average molecular weight is 400 g/mol. The SMILES string of the molecule is CC1(C)COC(c2cccs2)OC1.[SnH][c]1cc[c]s1. The van der Waals surface area contributed by atoms with Crippen molar-refractivity contribution in [2.75, 3.05) is 13.2 Å². The molecule has 0 aromatic carbocycles. The molecule has 19 heavy (non-hydrogen) atoms. The number of thiophene rings is 2. The minimum atomic E-state index is -0.131. The van der Waals surface area contributed by atoms with Gasteiger partial charge in [-0.3, -0.25) is 0 Å². The van der Waals surface area contributed by atoms with Crippen LogP contribution in [0.1, 0.15) is 25.0 Å². The number of hydrogen-bond donors (Lipinski definition) is 0. The molecule has 0 aliphatic carbocycles. The quantitative estimate of drug-likeness (QED) is 0.686. The number of ether oxygens (including phenoxy) is 2. The molecule has 3 radical (unpaired) electrons. The summed E-state index contributed by atoms with van der Waals surface area (Å²) in [4.78, 5) is 1.16. The molecule has 0 atom stereocenters. The fourth-order valence-electron chi connectivity index (χ4n) is 1.53. The van der Waals surface area contributed by atoms with E-state index in [4.69, 9.17) is 9.47 Å². The Labute approximate surface area is 135 Å². The first kappa shape index (κ1) is 15.5. The molecule has 1 aliphatic rings. The molecule has 1 saturated heterocycles. The van der Waals surface area contributed by atoms with E-state index in [0.29, 0.717) is 0 Å². The molecule has 101 valence electrons. The van der Waals surface area contributed by atoms with E-state index in [1.54, 1.807) is 22.7 Å². The summed E-state index contributed by atoms with van der Waals surface area (Å²) in [5.41, 5.74) is 0.160. The summed E-state index contributed by atoms with van der Waals surface area (Å²) in [5.74, 6) is 0. The summed E-state index contributed by atoms with van der Waals surface area (Å²) in [6.45, 7) is 5.85. The average Bonchev–Trinajstić information content (AvgIpc) is 3.02. The second-order valence-electron chi connectivity index (χ2n) is 5.09. The molecule has 0 bridgehead atoms. The Kier molecular flexibility index (Phi) is 5.89. The van der Waals surface area contributed by atoms with Crippen LogP contribution in [0.2, 0.25) is 0 Å². The maximum absolute atomic E-state index is 5.63. The van der Waals surface area contributed by atoms with Gasteiger partial charge < -0.3 is 9.47 Å². The van der Waals surface area contributed by atoms with E-state index >= 15 is 0 Å². The summed E-state index contributed by atoms with van der Waals surface area (Å²) in [5, 5.41) is 5.05. The van der Waals surface area contributed by atoms with E-state index in [2.05, 4.69) is 25.3 Å². The van der Waals surface area contributed by atoms with Crippen molar-refractivity contribution in [2.45, 2.75) is 20.1 Å². The van der Waals surface area contributed by atoms with Gasteiger partial charge in [-0.2, -0.15) is 0 Å². The van der Waals surface area contributed by atoms with Crippen LogP contribution in [0.5, 0.6) is 0 Å². The van der Waals surface area contributed by atoms with Gasteiger partial charge in [0.2, 0.25) is 0 Å². The molecule has 2 nitrogen and oxygen atoms in total. The van der Waals surface area contributed by atoms with Gasteiger partial charge in [-0.25, -0.2) is 0 Å². The van der Waals surface area contributed by atoms with Gasteiger partial charge in [0.15, 0.2) is 6.29 Å². The molecule has 1 fully saturated rings. The van der Waals surface area contributed by atoms with Crippen molar-refractivity contribution in [3.63, 3.8) is 0 Å². The Morgan fingerprint density at radius 3 is 2.47 bits per heavy atom. The van der Waals surface area contributed by atoms with Gasteiger partial charge in [-0.1, -0.05) is 19.9 Å². The topological polar surface area (TPSA) is 18.5 Å². The van der Waals surface area contributed by atoms with Crippen LogP contribution in [-0.2, 0) is 9.47 Å². The fourth-order valence-corrected chi connectivity index (χ4v) is 3.52. The first-order valence-electron chi connectivity index (χ1n) is 6.05. The van der Waals surface area contributed by atoms with Crippen LogP contribution in [0.15, 0.2) is 29.6 Å². The van der Waals surface area contributed by atoms with Gasteiger partial charge in [-0.15, -0.1) is 11.3 Å². The normalized spacial score (nSPS) is 18.7. The second-order valence-corrected chi connectivity index (χ2v) is 9.95. The van der Waals surface area contributed by atoms with Crippen LogP contribution in [-0.4, -0.2) is 35.7 Å². The van der Waals surface area contributed by atoms with E-state index in [1.165, 1.54) is 25.4 Å². The second kappa shape index (κ2) is 7.22. The summed E-state index contributed by atoms with van der Waals surface area (Å²) in [7, 11) is 0. The molecule has 0 N–H and O–H groups in total. The fraction of sp³-hybridized carbons (Fsp3) is 0.429. The number of rotatable bonds is 1. The van der Waals surface area contributed by atoms with Crippen LogP contribution >= 0.6 is 22.7 Å². The van der Waals surface area contributed by atoms with Gasteiger partial charge in [0.25, 0.3) is 0 Å². The molecule has 3 rings (SSSR count). The van der Waals surface area contributed by atoms with E-state index < -0.39 is 0 Å². The van der Waals surface area contributed by atoms with Gasteiger partial charge in [0.1, 0.15) is 0 Å². The predicted octanol–water partition coefficient (Wildman–Crippen LogP) is 2.89. The summed E-state index contributed by atoms with van der Waals surface area (Å²) in [6, 6.07) is 8.14. The Bertz CT molecular complexity index is 456. The molecule has 2 aromatic heterocycles. The standard InChI is InChI=1S/C10H14O2S.C4H2S.Sn.H/c1-10(2)6-11-9(12-7-10)8-4-3-5-13-8;1-2-4-5-3-1;;/h3-5,9H,6-7H2,1-2H3;1-2H;;. The summed E-state index contributed by atoms with van der Waals surface area (Å²) < 4.78 is 12.7. The first-order chi connectivity index (χ1) is 9.07. The Morgan fingerprint density at radius 1 is 1.32 bits per heavy atom. The molecule has 2 aromatic rings. The summed E-state index contributed by atoms with van der Waals surface area (Å²) >= 11 is 4.63. The van der Waals surface area contributed by atoms with Crippen molar-refractivity contribution in [3.05, 3.63) is 39.9 Å². The maximum atomic E-state index is 5.63. The van der Waals surface area contributed by atoms with Gasteiger partial charge in [0.05, 0.1) is 18.1 Å². The zero-order valence-electron chi connectivity index (χ0n) is 11.1. The van der Waals surface area contributed by atoms with Crippen LogP contribution < -0.4 is 2.89 Å². The third-order valence-corrected chi connectivity index (χ3v) is 5.60. The zero-order chi connectivity index (χ0) is 13.7. The summed E-state index contributed by atoms with van der Waals surface area (Å²) in [6.07, 6.45) is -0.131.